The standard InChI is InChI=1S/C13H16N4O3S2/c1-7-12(8(2)15-14-7)22(19,20)17-16-13(18)11-6-9-4-3-5-10(9)21-11/h6,17H,3-5H2,1-2H3,(H,14,15)(H,16,18). The lowest BCUT2D eigenvalue weighted by Gasteiger charge is -2.07. The molecule has 1 aliphatic rings. The monoisotopic (exact) mass is 340 g/mol. The van der Waals surface area contributed by atoms with E-state index in [2.05, 4.69) is 20.5 Å². The summed E-state index contributed by atoms with van der Waals surface area (Å²) in [5.74, 6) is -0.443. The molecule has 0 aromatic carbocycles. The maximum atomic E-state index is 12.2. The number of rotatable bonds is 4. The highest BCUT2D eigenvalue weighted by atomic mass is 32.2. The van der Waals surface area contributed by atoms with E-state index in [-0.39, 0.29) is 4.90 Å². The van der Waals surface area contributed by atoms with Gasteiger partial charge in [-0.15, -0.1) is 16.2 Å². The first-order valence-electron chi connectivity index (χ1n) is 6.84. The van der Waals surface area contributed by atoms with Crippen LogP contribution >= 0.6 is 11.3 Å². The third kappa shape index (κ3) is 2.67. The normalized spacial score (nSPS) is 14.1. The van der Waals surface area contributed by atoms with Crippen molar-refractivity contribution in [1.82, 2.24) is 20.5 Å². The van der Waals surface area contributed by atoms with Gasteiger partial charge in [0, 0.05) is 4.88 Å². The number of H-pyrrole nitrogens is 1. The Morgan fingerprint density at radius 1 is 1.36 bits per heavy atom. The van der Waals surface area contributed by atoms with Crippen molar-refractivity contribution < 1.29 is 13.2 Å². The number of hydrogen-bond donors (Lipinski definition) is 3. The van der Waals surface area contributed by atoms with Crippen LogP contribution in [0.15, 0.2) is 11.0 Å². The number of amides is 1. The lowest BCUT2D eigenvalue weighted by Crippen LogP contribution is -2.41. The van der Waals surface area contributed by atoms with E-state index in [0.717, 1.165) is 19.3 Å². The molecule has 1 aliphatic carbocycles. The number of aryl methyl sites for hydroxylation is 4. The summed E-state index contributed by atoms with van der Waals surface area (Å²) in [6.07, 6.45) is 3.10. The number of aromatic amines is 1. The van der Waals surface area contributed by atoms with E-state index in [4.69, 9.17) is 0 Å². The molecular weight excluding hydrogens is 324 g/mol. The van der Waals surface area contributed by atoms with Gasteiger partial charge in [0.15, 0.2) is 0 Å². The minimum atomic E-state index is -3.85. The lowest BCUT2D eigenvalue weighted by molar-refractivity contribution is 0.0949. The topological polar surface area (TPSA) is 104 Å². The molecule has 0 aliphatic heterocycles. The van der Waals surface area contributed by atoms with Crippen molar-refractivity contribution in [3.05, 3.63) is 32.8 Å². The predicted molar refractivity (Wildman–Crippen MR) is 82.2 cm³/mol. The molecule has 2 aromatic heterocycles. The Bertz CT molecular complexity index is 795. The Hall–Kier alpha value is -1.71. The number of fused-ring (bicyclic) bond motifs is 1. The maximum Gasteiger partial charge on any atom is 0.276 e. The van der Waals surface area contributed by atoms with Crippen molar-refractivity contribution in [2.75, 3.05) is 0 Å². The average Bonchev–Trinajstić information content (AvgIpc) is 3.10. The van der Waals surface area contributed by atoms with E-state index in [0.29, 0.717) is 16.3 Å². The summed E-state index contributed by atoms with van der Waals surface area (Å²) in [5, 5.41) is 6.46. The SMILES string of the molecule is Cc1n[nH]c(C)c1S(=O)(=O)NNC(=O)c1cc2c(s1)CCC2. The van der Waals surface area contributed by atoms with Crippen LogP contribution in [0.3, 0.4) is 0 Å². The molecule has 3 rings (SSSR count). The smallest absolute Gasteiger partial charge is 0.276 e. The summed E-state index contributed by atoms with van der Waals surface area (Å²) in [4.78, 5) is 16.0. The quantitative estimate of drug-likeness (QED) is 0.728. The molecule has 0 saturated heterocycles. The molecule has 0 bridgehead atoms. The van der Waals surface area contributed by atoms with Crippen LogP contribution in [0.25, 0.3) is 0 Å². The third-order valence-corrected chi connectivity index (χ3v) is 6.34. The second-order valence-corrected chi connectivity index (χ2v) is 7.99. The molecule has 0 radical (unpaired) electrons. The van der Waals surface area contributed by atoms with Crippen molar-refractivity contribution in [3.63, 3.8) is 0 Å². The number of hydrogen-bond acceptors (Lipinski definition) is 5. The van der Waals surface area contributed by atoms with Crippen LogP contribution < -0.4 is 10.3 Å². The number of thiophene rings is 1. The van der Waals surface area contributed by atoms with Crippen molar-refractivity contribution in [2.45, 2.75) is 38.0 Å². The highest BCUT2D eigenvalue weighted by Gasteiger charge is 2.24. The van der Waals surface area contributed by atoms with Gasteiger partial charge in [0.25, 0.3) is 15.9 Å². The Morgan fingerprint density at radius 2 is 2.14 bits per heavy atom. The molecule has 0 atom stereocenters. The predicted octanol–water partition coefficient (Wildman–Crippen LogP) is 1.20. The van der Waals surface area contributed by atoms with E-state index in [1.54, 1.807) is 13.8 Å². The molecule has 3 N–H and O–H groups in total. The summed E-state index contributed by atoms with van der Waals surface area (Å²) in [5.41, 5.74) is 4.24. The van der Waals surface area contributed by atoms with E-state index < -0.39 is 15.9 Å². The second-order valence-electron chi connectivity index (χ2n) is 5.24. The third-order valence-electron chi connectivity index (χ3n) is 3.60. The van der Waals surface area contributed by atoms with Crippen LogP contribution in [-0.4, -0.2) is 24.5 Å². The van der Waals surface area contributed by atoms with Gasteiger partial charge in [0.05, 0.1) is 16.3 Å². The lowest BCUT2D eigenvalue weighted by atomic mass is 10.2. The molecule has 0 unspecified atom stereocenters. The Labute approximate surface area is 132 Å². The van der Waals surface area contributed by atoms with E-state index >= 15 is 0 Å². The van der Waals surface area contributed by atoms with Gasteiger partial charge in [-0.25, -0.2) is 8.42 Å². The van der Waals surface area contributed by atoms with Crippen LogP contribution in [0, 0.1) is 13.8 Å². The van der Waals surface area contributed by atoms with E-state index in [1.807, 2.05) is 6.07 Å². The Morgan fingerprint density at radius 3 is 2.77 bits per heavy atom. The molecule has 7 nitrogen and oxygen atoms in total. The fourth-order valence-electron chi connectivity index (χ4n) is 2.60. The summed E-state index contributed by atoms with van der Waals surface area (Å²) >= 11 is 1.42. The number of nitrogens with zero attached hydrogens (tertiary/aromatic N) is 1. The summed E-state index contributed by atoms with van der Waals surface area (Å²) in [7, 11) is -3.85. The van der Waals surface area contributed by atoms with Gasteiger partial charge in [-0.3, -0.25) is 15.3 Å². The zero-order valence-electron chi connectivity index (χ0n) is 12.2. The largest absolute Gasteiger partial charge is 0.281 e. The first-order chi connectivity index (χ1) is 10.4. The fourth-order valence-corrected chi connectivity index (χ4v) is 4.96. The number of sulfonamides is 1. The zero-order chi connectivity index (χ0) is 15.9. The molecule has 0 saturated carbocycles. The highest BCUT2D eigenvalue weighted by Crippen LogP contribution is 2.30. The Kier molecular flexibility index (Phi) is 3.79. The molecule has 0 spiro atoms. The van der Waals surface area contributed by atoms with Gasteiger partial charge < -0.3 is 0 Å². The molecular formula is C13H16N4O3S2. The van der Waals surface area contributed by atoms with Gasteiger partial charge in [-0.1, -0.05) is 0 Å². The minimum Gasteiger partial charge on any atom is -0.281 e. The average molecular weight is 340 g/mol. The van der Waals surface area contributed by atoms with E-state index in [9.17, 15) is 13.2 Å². The molecule has 118 valence electrons. The van der Waals surface area contributed by atoms with Gasteiger partial charge in [-0.05, 0) is 44.7 Å². The molecule has 22 heavy (non-hydrogen) atoms. The van der Waals surface area contributed by atoms with Crippen LogP contribution in [0.2, 0.25) is 0 Å². The Balaban J connectivity index is 1.72. The number of carbonyl (C=O) groups excluding carboxylic acids is 1. The van der Waals surface area contributed by atoms with Gasteiger partial charge in [0.1, 0.15) is 4.90 Å². The van der Waals surface area contributed by atoms with Crippen LogP contribution in [-0.2, 0) is 22.9 Å². The second kappa shape index (κ2) is 5.49. The maximum absolute atomic E-state index is 12.2. The summed E-state index contributed by atoms with van der Waals surface area (Å²) in [6.45, 7) is 3.20. The molecule has 0 fully saturated rings. The van der Waals surface area contributed by atoms with E-state index in [1.165, 1.54) is 21.8 Å². The van der Waals surface area contributed by atoms with Crippen molar-refractivity contribution >= 4 is 27.3 Å². The molecule has 9 heteroatoms. The highest BCUT2D eigenvalue weighted by molar-refractivity contribution is 7.89. The minimum absolute atomic E-state index is 0.0569. The zero-order valence-corrected chi connectivity index (χ0v) is 13.8. The van der Waals surface area contributed by atoms with Crippen LogP contribution in [0.1, 0.15) is 37.9 Å². The first kappa shape index (κ1) is 15.2. The van der Waals surface area contributed by atoms with Gasteiger partial charge in [0.2, 0.25) is 0 Å². The molecule has 1 amide bonds. The summed E-state index contributed by atoms with van der Waals surface area (Å²) < 4.78 is 24.5. The number of hydrazine groups is 1. The number of carbonyl (C=O) groups is 1. The fraction of sp³-hybridized carbons (Fsp3) is 0.385. The molecule has 2 heterocycles. The number of aromatic nitrogens is 2. The van der Waals surface area contributed by atoms with Crippen LogP contribution in [0.4, 0.5) is 0 Å². The number of nitrogens with one attached hydrogen (secondary N) is 3. The first-order valence-corrected chi connectivity index (χ1v) is 9.14. The molecule has 2 aromatic rings. The summed E-state index contributed by atoms with van der Waals surface area (Å²) in [6, 6.07) is 1.84. The van der Waals surface area contributed by atoms with Gasteiger partial charge in [-0.2, -0.15) is 5.10 Å². The van der Waals surface area contributed by atoms with Crippen molar-refractivity contribution in [2.24, 2.45) is 0 Å². The van der Waals surface area contributed by atoms with Crippen LogP contribution in [0.5, 0.6) is 0 Å². The van der Waals surface area contributed by atoms with Gasteiger partial charge >= 0.3 is 0 Å². The van der Waals surface area contributed by atoms with Crippen molar-refractivity contribution in [1.29, 1.82) is 0 Å². The van der Waals surface area contributed by atoms with Crippen molar-refractivity contribution in [3.8, 4) is 0 Å².